The van der Waals surface area contributed by atoms with Crippen molar-refractivity contribution in [3.05, 3.63) is 0 Å². The average molecular weight is 476 g/mol. The summed E-state index contributed by atoms with van der Waals surface area (Å²) in [4.78, 5) is 2.64. The van der Waals surface area contributed by atoms with Crippen LogP contribution < -0.4 is 0 Å². The summed E-state index contributed by atoms with van der Waals surface area (Å²) in [5.41, 5.74) is 0. The van der Waals surface area contributed by atoms with Crippen molar-refractivity contribution < 1.29 is 0 Å². The van der Waals surface area contributed by atoms with E-state index in [1.54, 1.807) is 0 Å². The van der Waals surface area contributed by atoms with Gasteiger partial charge in [0, 0.05) is 0 Å². The maximum atomic E-state index is 5.88. The molecule has 1 fully saturated rings. The summed E-state index contributed by atoms with van der Waals surface area (Å²) in [6.45, 7) is 10.8. The molecule has 0 heterocycles. The number of alkyl halides is 6. The van der Waals surface area contributed by atoms with E-state index in [1.807, 2.05) is 0 Å². The normalized spacial score (nSPS) is 32.4. The van der Waals surface area contributed by atoms with Crippen LogP contribution in [-0.4, -0.2) is 56.8 Å². The fourth-order valence-corrected chi connectivity index (χ4v) is 4.86. The van der Waals surface area contributed by atoms with Gasteiger partial charge in [-0.15, -0.1) is 69.6 Å². The highest BCUT2D eigenvalue weighted by Crippen LogP contribution is 2.39. The molecule has 0 radical (unpaired) electrons. The lowest BCUT2D eigenvalue weighted by molar-refractivity contribution is 0.261. The molecular weight excluding hydrogens is 443 g/mol. The molecule has 152 valence electrons. The van der Waals surface area contributed by atoms with Crippen molar-refractivity contribution >= 4 is 69.6 Å². The van der Waals surface area contributed by atoms with E-state index in [0.717, 1.165) is 0 Å². The minimum atomic E-state index is -0.437. The van der Waals surface area contributed by atoms with Crippen LogP contribution in [0.25, 0.3) is 0 Å². The monoisotopic (exact) mass is 473 g/mol. The molecule has 0 saturated heterocycles. The molecule has 7 heteroatoms. The van der Waals surface area contributed by atoms with Gasteiger partial charge in [0.05, 0.1) is 32.3 Å². The summed E-state index contributed by atoms with van der Waals surface area (Å²) in [6.07, 6.45) is 8.09. The van der Waals surface area contributed by atoms with Gasteiger partial charge in [-0.3, -0.25) is 0 Å². The number of hydrogen-bond acceptors (Lipinski definition) is 1. The topological polar surface area (TPSA) is 3.24 Å². The first-order valence-corrected chi connectivity index (χ1v) is 12.0. The minimum absolute atomic E-state index is 0.437. The molecule has 0 aromatic carbocycles. The summed E-state index contributed by atoms with van der Waals surface area (Å²) in [6, 6.07) is 0. The molecule has 0 unspecified atom stereocenters. The van der Waals surface area contributed by atoms with E-state index in [9.17, 15) is 0 Å². The van der Waals surface area contributed by atoms with Gasteiger partial charge in [-0.1, -0.05) is 40.0 Å². The third-order valence-electron chi connectivity index (χ3n) is 4.31. The lowest BCUT2D eigenvalue weighted by Crippen LogP contribution is -2.52. The van der Waals surface area contributed by atoms with Crippen LogP contribution in [0.1, 0.15) is 59.3 Å². The molecule has 0 aromatic heterocycles. The van der Waals surface area contributed by atoms with Gasteiger partial charge in [-0.2, -0.15) is 0 Å². The lowest BCUT2D eigenvalue weighted by atomic mass is 9.97. The van der Waals surface area contributed by atoms with Gasteiger partial charge in [-0.05, 0) is 38.9 Å². The van der Waals surface area contributed by atoms with Crippen molar-refractivity contribution in [1.29, 1.82) is 0 Å². The van der Waals surface area contributed by atoms with E-state index in [0.29, 0.717) is 0 Å². The Morgan fingerprint density at radius 3 is 0.840 bits per heavy atom. The SMILES string of the molecule is CCCCN(CCCC)CCCC.Cl[C@H]1[C@H](Cl)[C@@H](Cl)[C@@H](Cl)[C@H](Cl)[C@H]1Cl. The lowest BCUT2D eigenvalue weighted by Gasteiger charge is -2.37. The Morgan fingerprint density at radius 2 is 0.680 bits per heavy atom. The van der Waals surface area contributed by atoms with Crippen molar-refractivity contribution in [3.8, 4) is 0 Å². The van der Waals surface area contributed by atoms with Gasteiger partial charge in [-0.25, -0.2) is 0 Å². The van der Waals surface area contributed by atoms with Crippen LogP contribution in [0.15, 0.2) is 0 Å². The summed E-state index contributed by atoms with van der Waals surface area (Å²) in [5, 5.41) is -2.62. The first kappa shape index (κ1) is 26.7. The molecule has 0 spiro atoms. The highest BCUT2D eigenvalue weighted by atomic mass is 35.5. The van der Waals surface area contributed by atoms with Crippen molar-refractivity contribution in [3.63, 3.8) is 0 Å². The molecule has 0 amide bonds. The average Bonchev–Trinajstić information content (AvgIpc) is 2.63. The van der Waals surface area contributed by atoms with E-state index in [-0.39, 0.29) is 0 Å². The van der Waals surface area contributed by atoms with Crippen molar-refractivity contribution in [2.75, 3.05) is 19.6 Å². The number of rotatable bonds is 9. The van der Waals surface area contributed by atoms with Crippen molar-refractivity contribution in [2.45, 2.75) is 91.6 Å². The molecule has 1 aliphatic rings. The smallest absolute Gasteiger partial charge is 0.0693 e. The Hall–Kier alpha value is 1.70. The van der Waals surface area contributed by atoms with Crippen LogP contribution >= 0.6 is 69.6 Å². The number of halogens is 6. The summed E-state index contributed by atoms with van der Waals surface area (Å²) >= 11 is 35.3. The molecule has 0 bridgehead atoms. The molecule has 1 aliphatic carbocycles. The standard InChI is InChI=1S/C12H27N.C6H6Cl6/c1-4-7-10-13(11-8-5-2)12-9-6-3;7-1-2(8)4(10)6(12)5(11)3(1)9/h4-12H2,1-3H3;1-6H/t;1-,2-,3-,4+,5+,6+. The Morgan fingerprint density at radius 1 is 0.480 bits per heavy atom. The van der Waals surface area contributed by atoms with Crippen LogP contribution in [-0.2, 0) is 0 Å². The second kappa shape index (κ2) is 15.6. The third kappa shape index (κ3) is 10.2. The maximum absolute atomic E-state index is 5.88. The molecule has 1 rings (SSSR count). The Bertz CT molecular complexity index is 242. The van der Waals surface area contributed by atoms with Crippen LogP contribution in [0.4, 0.5) is 0 Å². The van der Waals surface area contributed by atoms with E-state index < -0.39 is 32.3 Å². The minimum Gasteiger partial charge on any atom is -0.303 e. The molecule has 0 aliphatic heterocycles. The maximum Gasteiger partial charge on any atom is 0.0693 e. The van der Waals surface area contributed by atoms with Crippen LogP contribution in [0.2, 0.25) is 0 Å². The van der Waals surface area contributed by atoms with E-state index in [2.05, 4.69) is 25.7 Å². The largest absolute Gasteiger partial charge is 0.303 e. The van der Waals surface area contributed by atoms with Gasteiger partial charge in [0.15, 0.2) is 0 Å². The quantitative estimate of drug-likeness (QED) is 0.315. The van der Waals surface area contributed by atoms with Gasteiger partial charge in [0.1, 0.15) is 0 Å². The highest BCUT2D eigenvalue weighted by molar-refractivity contribution is 6.45. The fourth-order valence-electron chi connectivity index (χ4n) is 2.53. The predicted molar refractivity (Wildman–Crippen MR) is 119 cm³/mol. The van der Waals surface area contributed by atoms with Gasteiger partial charge in [0.25, 0.3) is 0 Å². The molecule has 0 aromatic rings. The van der Waals surface area contributed by atoms with E-state index >= 15 is 0 Å². The summed E-state index contributed by atoms with van der Waals surface area (Å²) < 4.78 is 0. The second-order valence-corrected chi connectivity index (χ2v) is 9.59. The van der Waals surface area contributed by atoms with E-state index in [1.165, 1.54) is 58.2 Å². The van der Waals surface area contributed by atoms with Crippen LogP contribution in [0.5, 0.6) is 0 Å². The summed E-state index contributed by atoms with van der Waals surface area (Å²) in [5.74, 6) is 0. The van der Waals surface area contributed by atoms with E-state index in [4.69, 9.17) is 69.6 Å². The van der Waals surface area contributed by atoms with Crippen molar-refractivity contribution in [1.82, 2.24) is 4.90 Å². The van der Waals surface area contributed by atoms with Crippen LogP contribution in [0.3, 0.4) is 0 Å². The zero-order valence-corrected chi connectivity index (χ0v) is 20.1. The predicted octanol–water partition coefficient (Wildman–Crippen LogP) is 7.33. The Labute approximate surface area is 185 Å². The first-order valence-electron chi connectivity index (χ1n) is 9.38. The Balaban J connectivity index is 0.000000462. The molecule has 1 saturated carbocycles. The van der Waals surface area contributed by atoms with Gasteiger partial charge < -0.3 is 4.90 Å². The molecule has 1 nitrogen and oxygen atoms in total. The molecular formula is C18H33Cl6N. The molecule has 0 N–H and O–H groups in total. The molecule has 0 atom stereocenters. The van der Waals surface area contributed by atoms with Gasteiger partial charge >= 0.3 is 0 Å². The fraction of sp³-hybridized carbons (Fsp3) is 1.00. The van der Waals surface area contributed by atoms with Crippen molar-refractivity contribution in [2.24, 2.45) is 0 Å². The third-order valence-corrected chi connectivity index (χ3v) is 8.34. The zero-order valence-electron chi connectivity index (χ0n) is 15.5. The number of unbranched alkanes of at least 4 members (excludes halogenated alkanes) is 3. The second-order valence-electron chi connectivity index (χ2n) is 6.57. The molecule has 25 heavy (non-hydrogen) atoms. The first-order chi connectivity index (χ1) is 11.8. The number of nitrogens with zero attached hydrogens (tertiary/aromatic N) is 1. The summed E-state index contributed by atoms with van der Waals surface area (Å²) in [7, 11) is 0. The zero-order chi connectivity index (χ0) is 19.4. The highest BCUT2D eigenvalue weighted by Gasteiger charge is 2.46. The number of hydrogen-bond donors (Lipinski definition) is 0. The Kier molecular flexibility index (Phi) is 16.7. The van der Waals surface area contributed by atoms with Gasteiger partial charge in [0.2, 0.25) is 0 Å². The van der Waals surface area contributed by atoms with Crippen LogP contribution in [0, 0.1) is 0 Å².